The van der Waals surface area contributed by atoms with Gasteiger partial charge in [0.2, 0.25) is 5.91 Å². The second-order valence-corrected chi connectivity index (χ2v) is 5.73. The third-order valence-corrected chi connectivity index (χ3v) is 4.41. The van der Waals surface area contributed by atoms with Crippen molar-refractivity contribution in [2.75, 3.05) is 33.5 Å². The van der Waals surface area contributed by atoms with Crippen molar-refractivity contribution in [3.63, 3.8) is 0 Å². The Kier molecular flexibility index (Phi) is 4.43. The van der Waals surface area contributed by atoms with Crippen LogP contribution in [0.2, 0.25) is 0 Å². The Morgan fingerprint density at radius 3 is 2.58 bits per heavy atom. The lowest BCUT2D eigenvalue weighted by Crippen LogP contribution is -2.45. The molecule has 0 unspecified atom stereocenters. The van der Waals surface area contributed by atoms with E-state index in [1.165, 1.54) is 0 Å². The molecule has 0 aromatic carbocycles. The smallest absolute Gasteiger partial charge is 0.240 e. The molecule has 1 saturated carbocycles. The molecule has 0 bridgehead atoms. The molecule has 5 heteroatoms. The van der Waals surface area contributed by atoms with Gasteiger partial charge in [-0.2, -0.15) is 5.26 Å². The lowest BCUT2D eigenvalue weighted by atomic mass is 9.80. The first-order valence-corrected chi connectivity index (χ1v) is 6.93. The Balaban J connectivity index is 1.85. The molecule has 0 aromatic rings. The number of hydrogen-bond donors (Lipinski definition) is 1. The lowest BCUT2D eigenvalue weighted by molar-refractivity contribution is -0.132. The van der Waals surface area contributed by atoms with Crippen molar-refractivity contribution in [2.45, 2.75) is 32.1 Å². The summed E-state index contributed by atoms with van der Waals surface area (Å²) < 4.78 is 10.3. The molecule has 0 radical (unpaired) electrons. The molecule has 1 amide bonds. The quantitative estimate of drug-likeness (QED) is 0.785. The van der Waals surface area contributed by atoms with Crippen molar-refractivity contribution in [1.29, 1.82) is 5.26 Å². The number of methoxy groups -OCH3 is 1. The van der Waals surface area contributed by atoms with Gasteiger partial charge in [0.25, 0.3) is 0 Å². The van der Waals surface area contributed by atoms with Crippen LogP contribution in [0, 0.1) is 22.2 Å². The standard InChI is InChI=1S/C14H22N2O3/c1-18-7-4-13(2-3-13)11-16-12(17)14(10-15)5-8-19-9-6-14/h2-9,11H2,1H3,(H,16,17). The second kappa shape index (κ2) is 5.89. The zero-order valence-electron chi connectivity index (χ0n) is 11.5. The van der Waals surface area contributed by atoms with Crippen LogP contribution in [-0.2, 0) is 14.3 Å². The number of carbonyl (C=O) groups is 1. The third-order valence-electron chi connectivity index (χ3n) is 4.41. The first kappa shape index (κ1) is 14.3. The summed E-state index contributed by atoms with van der Waals surface area (Å²) in [4.78, 5) is 12.3. The van der Waals surface area contributed by atoms with Crippen LogP contribution in [0.5, 0.6) is 0 Å². The topological polar surface area (TPSA) is 71.3 Å². The minimum Gasteiger partial charge on any atom is -0.385 e. The fourth-order valence-corrected chi connectivity index (χ4v) is 2.56. The maximum absolute atomic E-state index is 12.3. The molecule has 5 nitrogen and oxygen atoms in total. The molecular formula is C14H22N2O3. The molecule has 1 saturated heterocycles. The van der Waals surface area contributed by atoms with Gasteiger partial charge in [-0.3, -0.25) is 4.79 Å². The summed E-state index contributed by atoms with van der Waals surface area (Å²) in [6.45, 7) is 2.39. The zero-order chi connectivity index (χ0) is 13.8. The monoisotopic (exact) mass is 266 g/mol. The maximum Gasteiger partial charge on any atom is 0.240 e. The number of hydrogen-bond acceptors (Lipinski definition) is 4. The highest BCUT2D eigenvalue weighted by molar-refractivity contribution is 5.85. The van der Waals surface area contributed by atoms with Gasteiger partial charge in [0.1, 0.15) is 5.41 Å². The van der Waals surface area contributed by atoms with Crippen LogP contribution in [0.4, 0.5) is 0 Å². The molecule has 0 atom stereocenters. The van der Waals surface area contributed by atoms with E-state index in [1.54, 1.807) is 7.11 Å². The van der Waals surface area contributed by atoms with E-state index in [9.17, 15) is 10.1 Å². The van der Waals surface area contributed by atoms with Gasteiger partial charge in [-0.15, -0.1) is 0 Å². The molecule has 2 fully saturated rings. The fourth-order valence-electron chi connectivity index (χ4n) is 2.56. The SMILES string of the molecule is COCCC1(CNC(=O)C2(C#N)CCOCC2)CC1. The molecule has 1 aliphatic heterocycles. The number of carbonyl (C=O) groups excluding carboxylic acids is 1. The number of nitriles is 1. The predicted molar refractivity (Wildman–Crippen MR) is 69.3 cm³/mol. The van der Waals surface area contributed by atoms with Crippen LogP contribution in [0.15, 0.2) is 0 Å². The molecule has 1 N–H and O–H groups in total. The Hall–Kier alpha value is -1.12. The van der Waals surface area contributed by atoms with Gasteiger partial charge in [-0.1, -0.05) is 0 Å². The molecule has 1 heterocycles. The van der Waals surface area contributed by atoms with E-state index in [0.717, 1.165) is 25.9 Å². The third kappa shape index (κ3) is 3.26. The summed E-state index contributed by atoms with van der Waals surface area (Å²) in [5, 5.41) is 12.3. The molecule has 19 heavy (non-hydrogen) atoms. The van der Waals surface area contributed by atoms with Crippen molar-refractivity contribution in [1.82, 2.24) is 5.32 Å². The molecule has 2 rings (SSSR count). The highest BCUT2D eigenvalue weighted by Gasteiger charge is 2.45. The Morgan fingerprint density at radius 2 is 2.05 bits per heavy atom. The first-order chi connectivity index (χ1) is 9.16. The van der Waals surface area contributed by atoms with Crippen molar-refractivity contribution in [3.8, 4) is 6.07 Å². The van der Waals surface area contributed by atoms with Gasteiger partial charge in [0.05, 0.1) is 6.07 Å². The second-order valence-electron chi connectivity index (χ2n) is 5.73. The van der Waals surface area contributed by atoms with Gasteiger partial charge < -0.3 is 14.8 Å². The van der Waals surface area contributed by atoms with Gasteiger partial charge >= 0.3 is 0 Å². The summed E-state index contributed by atoms with van der Waals surface area (Å²) in [7, 11) is 1.70. The summed E-state index contributed by atoms with van der Waals surface area (Å²) >= 11 is 0. The summed E-state index contributed by atoms with van der Waals surface area (Å²) in [5.41, 5.74) is -0.664. The Morgan fingerprint density at radius 1 is 1.37 bits per heavy atom. The van der Waals surface area contributed by atoms with E-state index >= 15 is 0 Å². The van der Waals surface area contributed by atoms with Gasteiger partial charge in [-0.25, -0.2) is 0 Å². The molecule has 1 aliphatic carbocycles. The summed E-state index contributed by atoms with van der Waals surface area (Å²) in [5.74, 6) is -0.123. The van der Waals surface area contributed by atoms with E-state index in [-0.39, 0.29) is 11.3 Å². The van der Waals surface area contributed by atoms with E-state index < -0.39 is 5.41 Å². The Labute approximate surface area is 114 Å². The highest BCUT2D eigenvalue weighted by Crippen LogP contribution is 2.48. The van der Waals surface area contributed by atoms with Crippen LogP contribution in [0.25, 0.3) is 0 Å². The van der Waals surface area contributed by atoms with Crippen LogP contribution in [-0.4, -0.2) is 39.4 Å². The van der Waals surface area contributed by atoms with Crippen LogP contribution >= 0.6 is 0 Å². The van der Waals surface area contributed by atoms with Gasteiger partial charge in [0.15, 0.2) is 0 Å². The number of rotatable bonds is 6. The number of ether oxygens (including phenoxy) is 2. The van der Waals surface area contributed by atoms with Crippen LogP contribution < -0.4 is 5.32 Å². The number of nitrogens with zero attached hydrogens (tertiary/aromatic N) is 1. The highest BCUT2D eigenvalue weighted by atomic mass is 16.5. The maximum atomic E-state index is 12.3. The first-order valence-electron chi connectivity index (χ1n) is 6.93. The van der Waals surface area contributed by atoms with Crippen LogP contribution in [0.1, 0.15) is 32.1 Å². The van der Waals surface area contributed by atoms with Crippen molar-refractivity contribution in [3.05, 3.63) is 0 Å². The average Bonchev–Trinajstić information content (AvgIpc) is 3.24. The molecule has 0 spiro atoms. The normalized spacial score (nSPS) is 23.4. The molecular weight excluding hydrogens is 244 g/mol. The molecule has 2 aliphatic rings. The van der Waals surface area contributed by atoms with Crippen molar-refractivity contribution < 1.29 is 14.3 Å². The molecule has 0 aromatic heterocycles. The largest absolute Gasteiger partial charge is 0.385 e. The van der Waals surface area contributed by atoms with Crippen molar-refractivity contribution >= 4 is 5.91 Å². The van der Waals surface area contributed by atoms with Crippen molar-refractivity contribution in [2.24, 2.45) is 10.8 Å². The van der Waals surface area contributed by atoms with Gasteiger partial charge in [-0.05, 0) is 37.5 Å². The molecule has 106 valence electrons. The number of amides is 1. The predicted octanol–water partition coefficient (Wildman–Crippen LogP) is 1.24. The Bertz CT molecular complexity index is 365. The fraction of sp³-hybridized carbons (Fsp3) is 0.857. The number of nitrogens with one attached hydrogen (secondary N) is 1. The van der Waals surface area contributed by atoms with E-state index in [1.807, 2.05) is 0 Å². The average molecular weight is 266 g/mol. The minimum absolute atomic E-state index is 0.123. The zero-order valence-corrected chi connectivity index (χ0v) is 11.5. The minimum atomic E-state index is -0.879. The van der Waals surface area contributed by atoms with E-state index in [4.69, 9.17) is 9.47 Å². The lowest BCUT2D eigenvalue weighted by Gasteiger charge is -2.30. The van der Waals surface area contributed by atoms with E-state index in [0.29, 0.717) is 32.6 Å². The van der Waals surface area contributed by atoms with Gasteiger partial charge in [0, 0.05) is 33.5 Å². The van der Waals surface area contributed by atoms with Crippen LogP contribution in [0.3, 0.4) is 0 Å². The summed E-state index contributed by atoms with van der Waals surface area (Å²) in [6, 6.07) is 2.20. The summed E-state index contributed by atoms with van der Waals surface area (Å²) in [6.07, 6.45) is 4.26. The van der Waals surface area contributed by atoms with E-state index in [2.05, 4.69) is 11.4 Å².